The van der Waals surface area contributed by atoms with E-state index in [0.29, 0.717) is 10.5 Å². The molecule has 0 N–H and O–H groups in total. The molecule has 4 saturated heterocycles. The number of halogens is 2. The number of benzene rings is 4. The van der Waals surface area contributed by atoms with E-state index in [1.54, 1.807) is 0 Å². The van der Waals surface area contributed by atoms with Gasteiger partial charge < -0.3 is 28.0 Å². The van der Waals surface area contributed by atoms with E-state index < -0.39 is 5.44 Å². The van der Waals surface area contributed by atoms with Crippen LogP contribution in [-0.4, -0.2) is 93.5 Å². The smallest absolute Gasteiger partial charge is 0.159 e. The predicted molar refractivity (Wildman–Crippen MR) is 336 cm³/mol. The Hall–Kier alpha value is -0.0312. The number of nitrogens with zero attached hydrogens (tertiary/aromatic N) is 2. The molecule has 2 spiro atoms. The molecule has 2 unspecified atom stereocenters. The van der Waals surface area contributed by atoms with Crippen molar-refractivity contribution in [3.05, 3.63) is 118 Å². The van der Waals surface area contributed by atoms with Gasteiger partial charge in [0.1, 0.15) is 60.6 Å². The predicted octanol–water partition coefficient (Wildman–Crippen LogP) is 16.2. The molecule has 4 fully saturated rings. The Balaban J connectivity index is 0.000000181. The molecule has 8 aliphatic rings. The van der Waals surface area contributed by atoms with Crippen LogP contribution in [-0.2, 0) is 41.7 Å². The molecular weight excluding hydrogens is 1370 g/mol. The maximum Gasteiger partial charge on any atom is 0.159 e. The van der Waals surface area contributed by atoms with Crippen LogP contribution in [0.25, 0.3) is 11.1 Å². The molecule has 6 aliphatic heterocycles. The summed E-state index contributed by atoms with van der Waals surface area (Å²) in [4.78, 5) is 5.04. The van der Waals surface area contributed by atoms with Gasteiger partial charge in [-0.2, -0.15) is 0 Å². The van der Waals surface area contributed by atoms with E-state index in [1.165, 1.54) is 158 Å². The monoisotopic (exact) mass is 1440 g/mol. The second kappa shape index (κ2) is 29.0. The van der Waals surface area contributed by atoms with Gasteiger partial charge in [0.15, 0.2) is 5.44 Å². The van der Waals surface area contributed by atoms with Crippen LogP contribution in [0.5, 0.6) is 28.7 Å². The summed E-state index contributed by atoms with van der Waals surface area (Å²) in [5.41, 5.74) is 8.91. The number of ether oxygens (including phenoxy) is 4. The molecule has 0 bridgehead atoms. The fraction of sp³-hybridized carbons (Fsp3) is 0.517. The van der Waals surface area contributed by atoms with Gasteiger partial charge in [-0.1, -0.05) is 49.2 Å². The fourth-order valence-corrected chi connectivity index (χ4v) is 21.2. The molecule has 76 heavy (non-hydrogen) atoms. The summed E-state index contributed by atoms with van der Waals surface area (Å²) in [5.74, 6) is 9.67. The van der Waals surface area contributed by atoms with E-state index in [2.05, 4.69) is 152 Å². The molecule has 4 atom stereocenters. The first-order valence-electron chi connectivity index (χ1n) is 27.1. The van der Waals surface area contributed by atoms with Gasteiger partial charge in [0.05, 0.1) is 8.16 Å². The van der Waals surface area contributed by atoms with Gasteiger partial charge in [0.2, 0.25) is 0 Å². The minimum Gasteiger partial charge on any atom is -0.492 e. The van der Waals surface area contributed by atoms with Gasteiger partial charge in [0, 0.05) is 72.7 Å². The third kappa shape index (κ3) is 14.8. The Morgan fingerprint density at radius 2 is 1.01 bits per heavy atom. The van der Waals surface area contributed by atoms with Crippen molar-refractivity contribution in [1.82, 2.24) is 9.80 Å². The number of piperidine rings is 2. The fourth-order valence-electron chi connectivity index (χ4n) is 12.1. The number of allylic oxidation sites excluding steroid dienone is 2. The molecule has 2 radical (unpaired) electrons. The number of rotatable bonds is 13. The van der Waals surface area contributed by atoms with Crippen LogP contribution >= 0.6 is 103 Å². The molecule has 406 valence electrons. The molecule has 2 aliphatic carbocycles. The summed E-state index contributed by atoms with van der Waals surface area (Å²) in [6.07, 6.45) is 17.3. The zero-order valence-corrected chi connectivity index (χ0v) is 55.6. The molecule has 6 heterocycles. The molecule has 4 aromatic rings. The van der Waals surface area contributed by atoms with Gasteiger partial charge in [-0.15, -0.1) is 47.0 Å². The molecule has 0 saturated carbocycles. The number of thioether (sulfide) groups is 4. The first-order valence-corrected chi connectivity index (χ1v) is 39.6. The summed E-state index contributed by atoms with van der Waals surface area (Å²) in [5, 5.41) is 0.885. The van der Waals surface area contributed by atoms with Crippen molar-refractivity contribution in [2.45, 2.75) is 110 Å². The van der Waals surface area contributed by atoms with Gasteiger partial charge in [-0.25, -0.2) is 0 Å². The van der Waals surface area contributed by atoms with Crippen LogP contribution < -0.4 is 28.8 Å². The topological polar surface area (TPSA) is 69.7 Å². The van der Waals surface area contributed by atoms with Crippen LogP contribution in [0, 0.1) is 0 Å². The first kappa shape index (κ1) is 60.6. The molecular formula is C58H70I2N2O6P2S4V2. The Bertz CT molecular complexity index is 2670. The standard InChI is InChI=1S/2C29H35INO3PS2.2V/c30-35(32)23-9-10-25-24-11-12-29(36-17-4-18-37-29)20-26(24)28(34-27(25)19-23)21-5-7-22(8-6-21)33-16-15-31-13-2-1-3-14-31;30-35-34-23-9-10-25-24-11-12-29(36-17-4-18-37-29)20-26(24)28(33-27(25)19-23)21-5-7-22(8-6-21)32-16-15-31-13-2-1-3-14-31;;/h2*5-10,19,28,35H,1-4,11-18,20H2;;/t2*28-;;/m01../s1. The van der Waals surface area contributed by atoms with Crippen molar-refractivity contribution in [1.29, 1.82) is 0 Å². The summed E-state index contributed by atoms with van der Waals surface area (Å²) < 4.78 is 44.5. The zero-order chi connectivity index (χ0) is 50.3. The summed E-state index contributed by atoms with van der Waals surface area (Å²) >= 11 is 13.0. The largest absolute Gasteiger partial charge is 0.492 e. The van der Waals surface area contributed by atoms with Gasteiger partial charge in [-0.3, -0.25) is 9.80 Å². The normalized spacial score (nSPS) is 23.2. The van der Waals surface area contributed by atoms with Crippen molar-refractivity contribution >= 4 is 119 Å². The van der Waals surface area contributed by atoms with E-state index in [9.17, 15) is 4.57 Å². The Morgan fingerprint density at radius 3 is 1.46 bits per heavy atom. The van der Waals surface area contributed by atoms with Crippen molar-refractivity contribution in [3.8, 4) is 28.7 Å². The van der Waals surface area contributed by atoms with E-state index in [0.717, 1.165) is 86.0 Å². The number of hydrogen-bond acceptors (Lipinski definition) is 12. The quantitative estimate of drug-likeness (QED) is 0.0946. The number of hydrogen-bond donors (Lipinski definition) is 0. The maximum atomic E-state index is 12.3. The van der Waals surface area contributed by atoms with Crippen LogP contribution in [0.4, 0.5) is 0 Å². The molecule has 8 nitrogen and oxygen atoms in total. The second-order valence-corrected chi connectivity index (χ2v) is 32.9. The van der Waals surface area contributed by atoms with E-state index in [1.807, 2.05) is 34.2 Å². The Kier molecular flexibility index (Phi) is 23.1. The van der Waals surface area contributed by atoms with Crippen molar-refractivity contribution < 1.29 is 65.1 Å². The SMILES string of the molecule is IPOc1ccc2c(c1)O[C@H](c1ccc(OCCN3CCCCC3)cc1)C1=C2CCC2(C1)SCCCS2.O=[PH](I)c1ccc2c(c1)O[C@@H](c1ccc(OCCN3CCCCC3)cc1)C1=C2CCC2(C1)SCCCS2.[V].[V]. The van der Waals surface area contributed by atoms with Crippen molar-refractivity contribution in [2.75, 3.05) is 75.5 Å². The molecule has 12 rings (SSSR count). The van der Waals surface area contributed by atoms with E-state index in [4.69, 9.17) is 23.5 Å². The van der Waals surface area contributed by atoms with Crippen LogP contribution in [0.15, 0.2) is 96.1 Å². The van der Waals surface area contributed by atoms with E-state index in [-0.39, 0.29) is 53.4 Å². The Labute approximate surface area is 521 Å². The maximum absolute atomic E-state index is 12.3. The minimum absolute atomic E-state index is 0. The van der Waals surface area contributed by atoms with Gasteiger partial charge in [-0.05, 0) is 246 Å². The van der Waals surface area contributed by atoms with E-state index >= 15 is 0 Å². The first-order chi connectivity index (χ1) is 36.3. The van der Waals surface area contributed by atoms with Crippen molar-refractivity contribution in [3.63, 3.8) is 0 Å². The number of fused-ring (bicyclic) bond motifs is 4. The molecule has 0 aromatic heterocycles. The van der Waals surface area contributed by atoms with Crippen LogP contribution in [0.1, 0.15) is 124 Å². The third-order valence-corrected chi connectivity index (χ3v) is 26.4. The Morgan fingerprint density at radius 1 is 0.579 bits per heavy atom. The van der Waals surface area contributed by atoms with Gasteiger partial charge in [0.25, 0.3) is 0 Å². The zero-order valence-electron chi connectivity index (χ0n) is 43.2. The second-order valence-electron chi connectivity index (χ2n) is 20.7. The third-order valence-electron chi connectivity index (χ3n) is 16.0. The van der Waals surface area contributed by atoms with Crippen molar-refractivity contribution in [2.24, 2.45) is 0 Å². The van der Waals surface area contributed by atoms with Gasteiger partial charge >= 0.3 is 0 Å². The molecule has 0 amide bonds. The van der Waals surface area contributed by atoms with Crippen LogP contribution in [0.2, 0.25) is 0 Å². The minimum atomic E-state index is -1.80. The average molecular weight is 1440 g/mol. The van der Waals surface area contributed by atoms with Crippen LogP contribution in [0.3, 0.4) is 0 Å². The average Bonchev–Trinajstić information content (AvgIpc) is 3.47. The molecule has 4 aromatic carbocycles. The summed E-state index contributed by atoms with van der Waals surface area (Å²) in [6.45, 7) is 8.71. The summed E-state index contributed by atoms with van der Waals surface area (Å²) in [6, 6.07) is 29.9. The summed E-state index contributed by atoms with van der Waals surface area (Å²) in [7, 11) is 0. The molecule has 18 heteroatoms. The number of likely N-dealkylation sites (tertiary alicyclic amines) is 2.